The van der Waals surface area contributed by atoms with E-state index in [0.717, 1.165) is 0 Å². The standard InChI is InChI=1S/C25H25.C13H13.C11H14.2ClH.Zr/c1-14-12-24(3,4)22-8-16-7-17-9-23-19(15(2)13-25(23,5)6)11-21(17)20(16)10-18(14)22;1-10-8-11(2)13(9-10)12-6-4-3-5-7-12;1-9-5-7-10(8-6-9)11(2,3)4;;;/h7-13H,1-6H3;3-7,9-10H,1-2H3;1,5-8H,2-4H3;2*1H;/q;;;;;+2/p-2. The number of rotatable bonds is 4. The Morgan fingerprint density at radius 2 is 1.15 bits per heavy atom. The van der Waals surface area contributed by atoms with Crippen LogP contribution in [-0.2, 0) is 37.5 Å². The Kier molecular flexibility index (Phi) is 10.1. The first kappa shape index (κ1) is 38.9. The van der Waals surface area contributed by atoms with Crippen LogP contribution in [0.2, 0.25) is 0 Å². The van der Waals surface area contributed by atoms with E-state index in [1.807, 2.05) is 0 Å². The van der Waals surface area contributed by atoms with E-state index in [9.17, 15) is 0 Å². The zero-order valence-electron chi connectivity index (χ0n) is 32.7. The van der Waals surface area contributed by atoms with Crippen molar-refractivity contribution in [1.29, 1.82) is 0 Å². The number of fused-ring (bicyclic) bond motifs is 5. The second-order valence-corrected chi connectivity index (χ2v) is 23.4. The molecule has 0 aromatic heterocycles. The Bertz CT molecular complexity index is 2180. The van der Waals surface area contributed by atoms with Gasteiger partial charge in [-0.3, -0.25) is 0 Å². The molecule has 0 fully saturated rings. The predicted octanol–water partition coefficient (Wildman–Crippen LogP) is 6.93. The van der Waals surface area contributed by atoms with Gasteiger partial charge in [-0.15, -0.1) is 0 Å². The molecule has 0 aliphatic heterocycles. The Balaban J connectivity index is 0.00000232. The van der Waals surface area contributed by atoms with Gasteiger partial charge in [-0.1, -0.05) is 0 Å². The molecule has 0 radical (unpaired) electrons. The van der Waals surface area contributed by atoms with Gasteiger partial charge in [0.1, 0.15) is 0 Å². The van der Waals surface area contributed by atoms with Gasteiger partial charge in [0.15, 0.2) is 0 Å². The van der Waals surface area contributed by atoms with Crippen molar-refractivity contribution >= 4 is 20.4 Å². The summed E-state index contributed by atoms with van der Waals surface area (Å²) in [6.07, 6.45) is 7.56. The van der Waals surface area contributed by atoms with Crippen LogP contribution in [-0.4, -0.2) is 3.71 Å². The Labute approximate surface area is 333 Å². The summed E-state index contributed by atoms with van der Waals surface area (Å²) in [7, 11) is 0. The molecular weight excluding hydrogens is 751 g/mol. The molecule has 0 saturated heterocycles. The molecule has 4 aliphatic carbocycles. The van der Waals surface area contributed by atoms with Gasteiger partial charge in [0.2, 0.25) is 0 Å². The molecular formula is C49H52Cl2Zr. The van der Waals surface area contributed by atoms with Gasteiger partial charge in [-0.2, -0.15) is 0 Å². The van der Waals surface area contributed by atoms with E-state index in [2.05, 4.69) is 177 Å². The zero-order chi connectivity index (χ0) is 35.5. The van der Waals surface area contributed by atoms with E-state index in [0.29, 0.717) is 9.54 Å². The van der Waals surface area contributed by atoms with Crippen molar-refractivity contribution in [3.63, 3.8) is 0 Å². The van der Waals surface area contributed by atoms with Gasteiger partial charge in [-0.05, 0) is 0 Å². The molecule has 8 rings (SSSR count). The minimum absolute atomic E-state index is 0. The van der Waals surface area contributed by atoms with Crippen LogP contribution in [0.15, 0.2) is 106 Å². The molecule has 0 bridgehead atoms. The molecule has 4 aromatic carbocycles. The molecule has 52 heavy (non-hydrogen) atoms. The summed E-state index contributed by atoms with van der Waals surface area (Å²) in [6.45, 7) is 26.1. The van der Waals surface area contributed by atoms with E-state index in [-0.39, 0.29) is 41.1 Å². The minimum Gasteiger partial charge on any atom is -1.00 e. The SMILES string of the molecule is CC1=CC(C)(C)c2cc3c(cc21)-c1cc2c(cc1[CH]3/[Zr+2](=[CH]/c1ccc(C(C)(C)C)cc1)[C]1=C(C)C(c3ccccc3)=CC1C)C(C)(C)C=C2C.[Cl-].[Cl-]. The third-order valence-corrected chi connectivity index (χ3v) is 20.4. The third kappa shape index (κ3) is 6.22. The van der Waals surface area contributed by atoms with Crippen molar-refractivity contribution in [3.8, 4) is 11.1 Å². The fourth-order valence-electron chi connectivity index (χ4n) is 9.72. The molecule has 3 heteroatoms. The Morgan fingerprint density at radius 3 is 1.63 bits per heavy atom. The third-order valence-electron chi connectivity index (χ3n) is 12.2. The Morgan fingerprint density at radius 1 is 0.654 bits per heavy atom. The van der Waals surface area contributed by atoms with Gasteiger partial charge in [0.25, 0.3) is 0 Å². The van der Waals surface area contributed by atoms with E-state index in [1.165, 1.54) is 72.4 Å². The zero-order valence-corrected chi connectivity index (χ0v) is 36.7. The van der Waals surface area contributed by atoms with Crippen molar-refractivity contribution in [2.24, 2.45) is 5.92 Å². The summed E-state index contributed by atoms with van der Waals surface area (Å²) in [5.41, 5.74) is 22.1. The van der Waals surface area contributed by atoms with Crippen LogP contribution < -0.4 is 24.8 Å². The molecule has 266 valence electrons. The monoisotopic (exact) mass is 800 g/mol. The summed E-state index contributed by atoms with van der Waals surface area (Å²) in [6, 6.07) is 31.2. The summed E-state index contributed by atoms with van der Waals surface area (Å²) in [5, 5.41) is 0. The summed E-state index contributed by atoms with van der Waals surface area (Å²) in [4.78, 5) is 0. The van der Waals surface area contributed by atoms with E-state index < -0.39 is 21.3 Å². The number of halogens is 2. The average molecular weight is 803 g/mol. The molecule has 0 heterocycles. The van der Waals surface area contributed by atoms with Crippen LogP contribution >= 0.6 is 0 Å². The van der Waals surface area contributed by atoms with Crippen molar-refractivity contribution in [3.05, 3.63) is 156 Å². The largest absolute Gasteiger partial charge is 1.00 e. The van der Waals surface area contributed by atoms with Crippen molar-refractivity contribution in [2.75, 3.05) is 0 Å². The second kappa shape index (κ2) is 13.5. The molecule has 1 atom stereocenters. The van der Waals surface area contributed by atoms with Crippen LogP contribution in [0.25, 0.3) is 27.8 Å². The smallest absolute Gasteiger partial charge is 1.00 e. The Hall–Kier alpha value is -2.83. The number of allylic oxidation sites excluding steroid dienone is 8. The summed E-state index contributed by atoms with van der Waals surface area (Å²) in [5.74, 6) is 0.418. The second-order valence-electron chi connectivity index (χ2n) is 17.7. The quantitative estimate of drug-likeness (QED) is 0.210. The number of hydrogen-bond donors (Lipinski definition) is 0. The van der Waals surface area contributed by atoms with Crippen molar-refractivity contribution < 1.29 is 46.1 Å². The molecule has 4 aromatic rings. The summed E-state index contributed by atoms with van der Waals surface area (Å²) >= 11 is -2.74. The van der Waals surface area contributed by atoms with Gasteiger partial charge in [0.05, 0.1) is 0 Å². The normalized spacial score (nSPS) is 19.2. The molecule has 1 unspecified atom stereocenters. The first-order valence-electron chi connectivity index (χ1n) is 18.6. The average Bonchev–Trinajstić information content (AvgIpc) is 3.69. The summed E-state index contributed by atoms with van der Waals surface area (Å²) < 4.78 is 4.97. The van der Waals surface area contributed by atoms with Crippen LogP contribution in [0, 0.1) is 5.92 Å². The molecule has 0 amide bonds. The fraction of sp³-hybridized carbons (Fsp3) is 0.327. The van der Waals surface area contributed by atoms with Crippen LogP contribution in [0.5, 0.6) is 0 Å². The van der Waals surface area contributed by atoms with Gasteiger partial charge < -0.3 is 24.8 Å². The first-order chi connectivity index (χ1) is 23.5. The number of benzene rings is 4. The van der Waals surface area contributed by atoms with Gasteiger partial charge in [-0.25, -0.2) is 0 Å². The molecule has 0 saturated carbocycles. The topological polar surface area (TPSA) is 0 Å². The fourth-order valence-corrected chi connectivity index (χ4v) is 18.3. The molecule has 0 spiro atoms. The van der Waals surface area contributed by atoms with Gasteiger partial charge in [0, 0.05) is 0 Å². The van der Waals surface area contributed by atoms with Crippen molar-refractivity contribution in [1.82, 2.24) is 0 Å². The number of hydrogen-bond acceptors (Lipinski definition) is 0. The maximum Gasteiger partial charge on any atom is -1.00 e. The van der Waals surface area contributed by atoms with Crippen LogP contribution in [0.4, 0.5) is 0 Å². The molecule has 0 nitrogen and oxygen atoms in total. The molecule has 4 aliphatic rings. The van der Waals surface area contributed by atoms with E-state index in [4.69, 9.17) is 0 Å². The minimum atomic E-state index is -2.74. The van der Waals surface area contributed by atoms with E-state index in [1.54, 1.807) is 14.4 Å². The molecule has 0 N–H and O–H groups in total. The maximum absolute atomic E-state index is 2.82. The predicted molar refractivity (Wildman–Crippen MR) is 214 cm³/mol. The maximum atomic E-state index is 2.82. The van der Waals surface area contributed by atoms with Crippen LogP contribution in [0.3, 0.4) is 0 Å². The van der Waals surface area contributed by atoms with Crippen LogP contribution in [0.1, 0.15) is 130 Å². The van der Waals surface area contributed by atoms with Crippen molar-refractivity contribution in [2.45, 2.75) is 96.0 Å². The van der Waals surface area contributed by atoms with E-state index >= 15 is 0 Å². The first-order valence-corrected chi connectivity index (χ1v) is 22.7. The van der Waals surface area contributed by atoms with Gasteiger partial charge >= 0.3 is 311 Å².